The summed E-state index contributed by atoms with van der Waals surface area (Å²) in [4.78, 5) is 0. The molecule has 0 saturated carbocycles. The molecule has 12 heavy (non-hydrogen) atoms. The number of hydrogen-bond acceptors (Lipinski definition) is 2. The normalized spacial score (nSPS) is 43.0. The van der Waals surface area contributed by atoms with E-state index < -0.39 is 0 Å². The van der Waals surface area contributed by atoms with E-state index in [-0.39, 0.29) is 11.9 Å². The molecule has 0 bridgehead atoms. The molecular formula is C10H20O2. The lowest BCUT2D eigenvalue weighted by Crippen LogP contribution is -2.42. The second kappa shape index (κ2) is 3.75. The molecule has 0 radical (unpaired) electrons. The molecule has 0 spiro atoms. The van der Waals surface area contributed by atoms with E-state index >= 15 is 0 Å². The Morgan fingerprint density at radius 2 is 2.25 bits per heavy atom. The minimum Gasteiger partial charge on any atom is -0.356 e. The van der Waals surface area contributed by atoms with Crippen LogP contribution in [0.2, 0.25) is 0 Å². The Bertz CT molecular complexity index is 147. The van der Waals surface area contributed by atoms with E-state index in [1.165, 1.54) is 6.42 Å². The van der Waals surface area contributed by atoms with Gasteiger partial charge in [-0.2, -0.15) is 0 Å². The Hall–Kier alpha value is -0.0800. The summed E-state index contributed by atoms with van der Waals surface area (Å²) in [5, 5.41) is 0. The van der Waals surface area contributed by atoms with Crippen molar-refractivity contribution < 1.29 is 9.47 Å². The Morgan fingerprint density at radius 3 is 2.75 bits per heavy atom. The van der Waals surface area contributed by atoms with Crippen LogP contribution >= 0.6 is 0 Å². The van der Waals surface area contributed by atoms with Crippen LogP contribution in [0.4, 0.5) is 0 Å². The van der Waals surface area contributed by atoms with Gasteiger partial charge < -0.3 is 9.47 Å². The van der Waals surface area contributed by atoms with Crippen LogP contribution in [0.15, 0.2) is 0 Å². The van der Waals surface area contributed by atoms with Crippen LogP contribution in [0.1, 0.15) is 40.0 Å². The summed E-state index contributed by atoms with van der Waals surface area (Å²) in [6.45, 7) is 6.52. The molecule has 0 amide bonds. The number of hydrogen-bond donors (Lipinski definition) is 0. The Morgan fingerprint density at radius 1 is 1.58 bits per heavy atom. The molecule has 1 fully saturated rings. The molecule has 1 saturated heterocycles. The fraction of sp³-hybridized carbons (Fsp3) is 1.00. The van der Waals surface area contributed by atoms with E-state index in [0.717, 1.165) is 12.8 Å². The third kappa shape index (κ3) is 1.99. The third-order valence-electron chi connectivity index (χ3n) is 2.97. The van der Waals surface area contributed by atoms with Crippen LogP contribution in [-0.2, 0) is 9.47 Å². The van der Waals surface area contributed by atoms with Crippen LogP contribution in [0.5, 0.6) is 0 Å². The van der Waals surface area contributed by atoms with Crippen molar-refractivity contribution >= 4 is 0 Å². The Kier molecular flexibility index (Phi) is 3.13. The minimum absolute atomic E-state index is 0.00343. The quantitative estimate of drug-likeness (QED) is 0.637. The van der Waals surface area contributed by atoms with Crippen LogP contribution in [0, 0.1) is 5.92 Å². The average molecular weight is 172 g/mol. The molecule has 1 rings (SSSR count). The zero-order valence-electron chi connectivity index (χ0n) is 8.59. The Balaban J connectivity index is 2.55. The molecule has 2 heteroatoms. The van der Waals surface area contributed by atoms with Gasteiger partial charge in [0, 0.05) is 13.0 Å². The highest BCUT2D eigenvalue weighted by atomic mass is 16.7. The predicted molar refractivity (Wildman–Crippen MR) is 49.0 cm³/mol. The summed E-state index contributed by atoms with van der Waals surface area (Å²) in [6, 6.07) is 0. The maximum absolute atomic E-state index is 5.86. The van der Waals surface area contributed by atoms with Gasteiger partial charge in [0.1, 0.15) is 0 Å². The molecule has 0 aliphatic carbocycles. The number of rotatable bonds is 2. The van der Waals surface area contributed by atoms with Gasteiger partial charge in [-0.05, 0) is 26.2 Å². The van der Waals surface area contributed by atoms with Crippen molar-refractivity contribution in [2.75, 3.05) is 7.11 Å². The monoisotopic (exact) mass is 172 g/mol. The molecule has 72 valence electrons. The summed E-state index contributed by atoms with van der Waals surface area (Å²) < 4.78 is 11.1. The van der Waals surface area contributed by atoms with Crippen LogP contribution in [0.25, 0.3) is 0 Å². The smallest absolute Gasteiger partial charge is 0.160 e. The van der Waals surface area contributed by atoms with E-state index in [9.17, 15) is 0 Å². The van der Waals surface area contributed by atoms with Gasteiger partial charge in [0.2, 0.25) is 0 Å². The molecule has 0 aromatic carbocycles. The molecule has 2 nitrogen and oxygen atoms in total. The van der Waals surface area contributed by atoms with Crippen molar-refractivity contribution in [1.82, 2.24) is 0 Å². The van der Waals surface area contributed by atoms with Gasteiger partial charge in [-0.3, -0.25) is 0 Å². The number of methoxy groups -OCH3 is 1. The van der Waals surface area contributed by atoms with Crippen LogP contribution in [0.3, 0.4) is 0 Å². The second-order valence-corrected chi connectivity index (χ2v) is 4.04. The fourth-order valence-electron chi connectivity index (χ4n) is 1.67. The molecule has 1 aliphatic rings. The van der Waals surface area contributed by atoms with Crippen LogP contribution in [-0.4, -0.2) is 19.0 Å². The zero-order chi connectivity index (χ0) is 9.19. The van der Waals surface area contributed by atoms with Crippen molar-refractivity contribution in [2.24, 2.45) is 5.92 Å². The summed E-state index contributed by atoms with van der Waals surface area (Å²) in [5.74, 6) is 0.537. The highest BCUT2D eigenvalue weighted by Crippen LogP contribution is 2.34. The molecule has 0 N–H and O–H groups in total. The lowest BCUT2D eigenvalue weighted by molar-refractivity contribution is -0.243. The van der Waals surface area contributed by atoms with Crippen molar-refractivity contribution in [3.05, 3.63) is 0 Å². The van der Waals surface area contributed by atoms with Gasteiger partial charge in [0.05, 0.1) is 5.60 Å². The van der Waals surface area contributed by atoms with E-state index in [2.05, 4.69) is 20.8 Å². The van der Waals surface area contributed by atoms with Crippen molar-refractivity contribution in [2.45, 2.75) is 51.9 Å². The summed E-state index contributed by atoms with van der Waals surface area (Å²) in [6.07, 6.45) is 3.44. The highest BCUT2D eigenvalue weighted by molar-refractivity contribution is 4.80. The summed E-state index contributed by atoms with van der Waals surface area (Å²) in [7, 11) is 1.72. The van der Waals surface area contributed by atoms with E-state index in [1.54, 1.807) is 7.11 Å². The summed E-state index contributed by atoms with van der Waals surface area (Å²) >= 11 is 0. The first-order valence-electron chi connectivity index (χ1n) is 4.82. The van der Waals surface area contributed by atoms with Gasteiger partial charge >= 0.3 is 0 Å². The van der Waals surface area contributed by atoms with Crippen molar-refractivity contribution in [3.63, 3.8) is 0 Å². The molecule has 0 aromatic rings. The minimum atomic E-state index is 0.00343. The van der Waals surface area contributed by atoms with Crippen LogP contribution < -0.4 is 0 Å². The topological polar surface area (TPSA) is 18.5 Å². The SMILES string of the molecule is CC[C@@]1(C)CC[C@@H](C)[C@H](OC)O1. The molecule has 0 aromatic heterocycles. The van der Waals surface area contributed by atoms with Gasteiger partial charge in [-0.25, -0.2) is 0 Å². The number of ether oxygens (including phenoxy) is 2. The van der Waals surface area contributed by atoms with Crippen molar-refractivity contribution in [1.29, 1.82) is 0 Å². The fourth-order valence-corrected chi connectivity index (χ4v) is 1.67. The maximum Gasteiger partial charge on any atom is 0.160 e. The lowest BCUT2D eigenvalue weighted by atomic mass is 9.88. The first-order chi connectivity index (χ1) is 5.61. The molecule has 3 atom stereocenters. The second-order valence-electron chi connectivity index (χ2n) is 4.04. The third-order valence-corrected chi connectivity index (χ3v) is 2.97. The predicted octanol–water partition coefficient (Wildman–Crippen LogP) is 2.57. The molecule has 0 unspecified atom stereocenters. The maximum atomic E-state index is 5.86. The summed E-state index contributed by atoms with van der Waals surface area (Å²) in [5.41, 5.74) is 0.0488. The zero-order valence-corrected chi connectivity index (χ0v) is 8.59. The lowest BCUT2D eigenvalue weighted by Gasteiger charge is -2.40. The van der Waals surface area contributed by atoms with Gasteiger partial charge in [-0.1, -0.05) is 13.8 Å². The standard InChI is InChI=1S/C10H20O2/c1-5-10(3)7-6-8(2)9(11-4)12-10/h8-9H,5-7H2,1-4H3/t8-,9-,10+/m1/s1. The van der Waals surface area contributed by atoms with Crippen molar-refractivity contribution in [3.8, 4) is 0 Å². The van der Waals surface area contributed by atoms with E-state index in [1.807, 2.05) is 0 Å². The van der Waals surface area contributed by atoms with Gasteiger partial charge in [-0.15, -0.1) is 0 Å². The molecule has 1 aliphatic heterocycles. The van der Waals surface area contributed by atoms with E-state index in [0.29, 0.717) is 5.92 Å². The molecule has 1 heterocycles. The highest BCUT2D eigenvalue weighted by Gasteiger charge is 2.35. The van der Waals surface area contributed by atoms with Gasteiger partial charge in [0.25, 0.3) is 0 Å². The van der Waals surface area contributed by atoms with Gasteiger partial charge in [0.15, 0.2) is 6.29 Å². The average Bonchev–Trinajstić information content (AvgIpc) is 2.10. The largest absolute Gasteiger partial charge is 0.356 e. The first kappa shape index (κ1) is 10.0. The Labute approximate surface area is 75.2 Å². The first-order valence-corrected chi connectivity index (χ1v) is 4.82. The van der Waals surface area contributed by atoms with E-state index in [4.69, 9.17) is 9.47 Å². The molecular weight excluding hydrogens is 152 g/mol.